The van der Waals surface area contributed by atoms with Crippen molar-refractivity contribution >= 4 is 17.7 Å². The number of aromatic amines is 1. The summed E-state index contributed by atoms with van der Waals surface area (Å²) in [5, 5.41) is 17.3. The number of anilines is 1. The van der Waals surface area contributed by atoms with Crippen LogP contribution in [0.3, 0.4) is 0 Å². The van der Waals surface area contributed by atoms with Crippen LogP contribution < -0.4 is 10.1 Å². The molecule has 1 amide bonds. The zero-order valence-electron chi connectivity index (χ0n) is 10.7. The molecule has 0 aliphatic rings. The molecule has 0 unspecified atom stereocenters. The number of para-hydroxylation sites is 1. The van der Waals surface area contributed by atoms with Crippen molar-refractivity contribution in [3.8, 4) is 5.75 Å². The van der Waals surface area contributed by atoms with Gasteiger partial charge >= 0.3 is 5.97 Å². The van der Waals surface area contributed by atoms with E-state index in [1.54, 1.807) is 24.3 Å². The number of nitrogens with one attached hydrogen (secondary N) is 2. The molecule has 0 saturated carbocycles. The van der Waals surface area contributed by atoms with Gasteiger partial charge < -0.3 is 15.2 Å². The van der Waals surface area contributed by atoms with Crippen LogP contribution in [0.4, 0.5) is 5.82 Å². The number of aromatic nitrogens is 2. The third kappa shape index (κ3) is 2.94. The van der Waals surface area contributed by atoms with Gasteiger partial charge in [-0.2, -0.15) is 5.10 Å². The fourth-order valence-corrected chi connectivity index (χ4v) is 1.61. The number of hydrogen-bond donors (Lipinski definition) is 3. The first-order valence-electron chi connectivity index (χ1n) is 5.93. The van der Waals surface area contributed by atoms with Crippen LogP contribution in [0, 0.1) is 0 Å². The maximum Gasteiger partial charge on any atom is 0.353 e. The lowest BCUT2D eigenvalue weighted by molar-refractivity contribution is 0.0690. The molecule has 3 N–H and O–H groups in total. The SMILES string of the molecule is CCOc1ccccc1C(=O)Nc1cc(C(=O)O)[nH]n1. The molecular weight excluding hydrogens is 262 g/mol. The number of carbonyl (C=O) groups excluding carboxylic acids is 1. The van der Waals surface area contributed by atoms with Gasteiger partial charge in [0.25, 0.3) is 5.91 Å². The summed E-state index contributed by atoms with van der Waals surface area (Å²) in [5.74, 6) is -0.967. The second-order valence-corrected chi connectivity index (χ2v) is 3.86. The Balaban J connectivity index is 2.17. The number of ether oxygens (including phenoxy) is 1. The van der Waals surface area contributed by atoms with Crippen molar-refractivity contribution in [1.29, 1.82) is 0 Å². The first-order valence-corrected chi connectivity index (χ1v) is 5.93. The minimum Gasteiger partial charge on any atom is -0.493 e. The Morgan fingerprint density at radius 3 is 2.80 bits per heavy atom. The Morgan fingerprint density at radius 1 is 1.40 bits per heavy atom. The van der Waals surface area contributed by atoms with Crippen molar-refractivity contribution in [2.24, 2.45) is 0 Å². The number of amides is 1. The molecule has 7 nitrogen and oxygen atoms in total. The van der Waals surface area contributed by atoms with E-state index in [4.69, 9.17) is 9.84 Å². The molecule has 0 saturated heterocycles. The maximum absolute atomic E-state index is 12.1. The van der Waals surface area contributed by atoms with Crippen LogP contribution in [0.5, 0.6) is 5.75 Å². The van der Waals surface area contributed by atoms with E-state index in [1.165, 1.54) is 6.07 Å². The van der Waals surface area contributed by atoms with E-state index in [2.05, 4.69) is 15.5 Å². The van der Waals surface area contributed by atoms with Crippen molar-refractivity contribution < 1.29 is 19.4 Å². The molecule has 20 heavy (non-hydrogen) atoms. The highest BCUT2D eigenvalue weighted by Gasteiger charge is 2.14. The van der Waals surface area contributed by atoms with Crippen molar-refractivity contribution in [3.63, 3.8) is 0 Å². The molecule has 7 heteroatoms. The quantitative estimate of drug-likeness (QED) is 0.771. The van der Waals surface area contributed by atoms with Crippen LogP contribution >= 0.6 is 0 Å². The molecule has 0 spiro atoms. The van der Waals surface area contributed by atoms with Gasteiger partial charge in [0.2, 0.25) is 0 Å². The average Bonchev–Trinajstić information content (AvgIpc) is 2.88. The van der Waals surface area contributed by atoms with Crippen LogP contribution in [0.2, 0.25) is 0 Å². The van der Waals surface area contributed by atoms with Crippen LogP contribution in [-0.4, -0.2) is 33.8 Å². The molecule has 0 aliphatic heterocycles. The van der Waals surface area contributed by atoms with E-state index in [9.17, 15) is 9.59 Å². The van der Waals surface area contributed by atoms with Crippen LogP contribution in [-0.2, 0) is 0 Å². The molecule has 0 radical (unpaired) electrons. The lowest BCUT2D eigenvalue weighted by Crippen LogP contribution is -2.13. The molecule has 0 aliphatic carbocycles. The maximum atomic E-state index is 12.1. The first kappa shape index (κ1) is 13.6. The molecule has 0 atom stereocenters. The highest BCUT2D eigenvalue weighted by atomic mass is 16.5. The summed E-state index contributed by atoms with van der Waals surface area (Å²) in [6, 6.07) is 8.02. The fourth-order valence-electron chi connectivity index (χ4n) is 1.61. The van der Waals surface area contributed by atoms with Crippen molar-refractivity contribution in [2.45, 2.75) is 6.92 Å². The number of nitrogens with zero attached hydrogens (tertiary/aromatic N) is 1. The molecule has 2 rings (SSSR count). The summed E-state index contributed by atoms with van der Waals surface area (Å²) >= 11 is 0. The molecular formula is C13H13N3O4. The summed E-state index contributed by atoms with van der Waals surface area (Å²) in [4.78, 5) is 22.8. The van der Waals surface area contributed by atoms with Gasteiger partial charge in [-0.25, -0.2) is 4.79 Å². The molecule has 2 aromatic rings. The zero-order valence-corrected chi connectivity index (χ0v) is 10.7. The van der Waals surface area contributed by atoms with Gasteiger partial charge in [0.1, 0.15) is 11.4 Å². The van der Waals surface area contributed by atoms with E-state index in [1.807, 2.05) is 6.92 Å². The standard InChI is InChI=1S/C13H13N3O4/c1-2-20-10-6-4-3-5-8(10)12(17)14-11-7-9(13(18)19)15-16-11/h3-7H,2H2,1H3,(H,18,19)(H2,14,15,16,17). The highest BCUT2D eigenvalue weighted by molar-refractivity contribution is 6.06. The number of H-pyrrole nitrogens is 1. The Morgan fingerprint density at radius 2 is 2.15 bits per heavy atom. The highest BCUT2D eigenvalue weighted by Crippen LogP contribution is 2.19. The summed E-state index contributed by atoms with van der Waals surface area (Å²) in [6.45, 7) is 2.26. The zero-order chi connectivity index (χ0) is 14.5. The van der Waals surface area contributed by atoms with E-state index in [0.29, 0.717) is 17.9 Å². The summed E-state index contributed by atoms with van der Waals surface area (Å²) < 4.78 is 5.36. The average molecular weight is 275 g/mol. The Bertz CT molecular complexity index is 636. The molecule has 1 heterocycles. The number of hydrogen-bond acceptors (Lipinski definition) is 4. The predicted molar refractivity (Wildman–Crippen MR) is 71.1 cm³/mol. The van der Waals surface area contributed by atoms with Gasteiger partial charge in [-0.15, -0.1) is 0 Å². The van der Waals surface area contributed by atoms with Gasteiger partial charge in [0.15, 0.2) is 5.82 Å². The van der Waals surface area contributed by atoms with Gasteiger partial charge in [-0.3, -0.25) is 9.89 Å². The lowest BCUT2D eigenvalue weighted by atomic mass is 10.2. The van der Waals surface area contributed by atoms with E-state index >= 15 is 0 Å². The molecule has 1 aromatic carbocycles. The van der Waals surface area contributed by atoms with Crippen molar-refractivity contribution in [1.82, 2.24) is 10.2 Å². The number of carboxylic acid groups (broad SMARTS) is 1. The molecule has 1 aromatic heterocycles. The van der Waals surface area contributed by atoms with Gasteiger partial charge in [-0.1, -0.05) is 12.1 Å². The van der Waals surface area contributed by atoms with Crippen LogP contribution in [0.1, 0.15) is 27.8 Å². The van der Waals surface area contributed by atoms with Crippen LogP contribution in [0.15, 0.2) is 30.3 Å². The van der Waals surface area contributed by atoms with E-state index in [0.717, 1.165) is 0 Å². The normalized spacial score (nSPS) is 10.1. The third-order valence-electron chi connectivity index (χ3n) is 2.48. The Hall–Kier alpha value is -2.83. The fraction of sp³-hybridized carbons (Fsp3) is 0.154. The van der Waals surface area contributed by atoms with E-state index < -0.39 is 11.9 Å². The second kappa shape index (κ2) is 5.87. The Kier molecular flexibility index (Phi) is 3.99. The monoisotopic (exact) mass is 275 g/mol. The van der Waals surface area contributed by atoms with Gasteiger partial charge in [0, 0.05) is 6.07 Å². The van der Waals surface area contributed by atoms with Gasteiger partial charge in [0.05, 0.1) is 12.2 Å². The predicted octanol–water partition coefficient (Wildman–Crippen LogP) is 1.76. The summed E-state index contributed by atoms with van der Waals surface area (Å²) in [6.07, 6.45) is 0. The summed E-state index contributed by atoms with van der Waals surface area (Å²) in [7, 11) is 0. The number of aromatic carboxylic acids is 1. The van der Waals surface area contributed by atoms with Gasteiger partial charge in [-0.05, 0) is 19.1 Å². The largest absolute Gasteiger partial charge is 0.493 e. The second-order valence-electron chi connectivity index (χ2n) is 3.86. The van der Waals surface area contributed by atoms with Crippen molar-refractivity contribution in [2.75, 3.05) is 11.9 Å². The van der Waals surface area contributed by atoms with Crippen molar-refractivity contribution in [3.05, 3.63) is 41.6 Å². The smallest absolute Gasteiger partial charge is 0.353 e. The molecule has 0 bridgehead atoms. The third-order valence-corrected chi connectivity index (χ3v) is 2.48. The number of rotatable bonds is 5. The molecule has 104 valence electrons. The van der Waals surface area contributed by atoms with Crippen LogP contribution in [0.25, 0.3) is 0 Å². The Labute approximate surface area is 114 Å². The topological polar surface area (TPSA) is 104 Å². The number of carboxylic acids is 1. The lowest BCUT2D eigenvalue weighted by Gasteiger charge is -2.08. The molecule has 0 fully saturated rings. The number of benzene rings is 1. The minimum absolute atomic E-state index is 0.0987. The van der Waals surface area contributed by atoms with E-state index in [-0.39, 0.29) is 11.5 Å². The first-order chi connectivity index (χ1) is 9.61. The summed E-state index contributed by atoms with van der Waals surface area (Å²) in [5.41, 5.74) is 0.257. The minimum atomic E-state index is -1.15. The number of carbonyl (C=O) groups is 2.